The Morgan fingerprint density at radius 1 is 1.69 bits per heavy atom. The summed E-state index contributed by atoms with van der Waals surface area (Å²) in [7, 11) is 0. The largest absolute Gasteiger partial charge is 0.398 e. The van der Waals surface area contributed by atoms with Crippen molar-refractivity contribution in [3.05, 3.63) is 40.9 Å². The van der Waals surface area contributed by atoms with Crippen molar-refractivity contribution in [1.29, 1.82) is 0 Å². The Hall–Kier alpha value is -1.29. The SMILES string of the molecule is C=CCC(C)NC(=O)c1ccc(Br)cc1N. The lowest BCUT2D eigenvalue weighted by Crippen LogP contribution is -2.32. The van der Waals surface area contributed by atoms with E-state index in [0.29, 0.717) is 11.3 Å². The highest BCUT2D eigenvalue weighted by Gasteiger charge is 2.11. The van der Waals surface area contributed by atoms with Gasteiger partial charge < -0.3 is 11.1 Å². The average molecular weight is 283 g/mol. The molecule has 0 heterocycles. The summed E-state index contributed by atoms with van der Waals surface area (Å²) in [4.78, 5) is 11.8. The predicted octanol–water partition coefficient (Wildman–Crippen LogP) is 2.73. The number of carbonyl (C=O) groups excluding carboxylic acids is 1. The van der Waals surface area contributed by atoms with Crippen molar-refractivity contribution in [1.82, 2.24) is 5.32 Å². The molecule has 86 valence electrons. The molecule has 0 spiro atoms. The summed E-state index contributed by atoms with van der Waals surface area (Å²) in [5, 5.41) is 2.85. The van der Waals surface area contributed by atoms with Crippen LogP contribution in [-0.2, 0) is 0 Å². The number of hydrogen-bond acceptors (Lipinski definition) is 2. The van der Waals surface area contributed by atoms with Crippen molar-refractivity contribution in [2.24, 2.45) is 0 Å². The Bertz CT molecular complexity index is 404. The Morgan fingerprint density at radius 2 is 2.38 bits per heavy atom. The van der Waals surface area contributed by atoms with Gasteiger partial charge in [0, 0.05) is 16.2 Å². The summed E-state index contributed by atoms with van der Waals surface area (Å²) in [6.07, 6.45) is 2.51. The van der Waals surface area contributed by atoms with Crippen molar-refractivity contribution >= 4 is 27.5 Å². The number of nitrogen functional groups attached to an aromatic ring is 1. The van der Waals surface area contributed by atoms with Crippen molar-refractivity contribution < 1.29 is 4.79 Å². The Morgan fingerprint density at radius 3 is 2.94 bits per heavy atom. The van der Waals surface area contributed by atoms with E-state index in [1.165, 1.54) is 0 Å². The van der Waals surface area contributed by atoms with Crippen LogP contribution in [-0.4, -0.2) is 11.9 Å². The van der Waals surface area contributed by atoms with Gasteiger partial charge in [0.25, 0.3) is 5.91 Å². The number of benzene rings is 1. The summed E-state index contributed by atoms with van der Waals surface area (Å²) >= 11 is 3.30. The zero-order valence-electron chi connectivity index (χ0n) is 9.16. The van der Waals surface area contributed by atoms with E-state index < -0.39 is 0 Å². The van der Waals surface area contributed by atoms with Gasteiger partial charge in [-0.1, -0.05) is 22.0 Å². The molecule has 4 heteroatoms. The Kier molecular flexibility index (Phi) is 4.55. The fourth-order valence-electron chi connectivity index (χ4n) is 1.35. The third-order valence-corrected chi connectivity index (χ3v) is 2.65. The van der Waals surface area contributed by atoms with Crippen LogP contribution in [0.25, 0.3) is 0 Å². The number of halogens is 1. The first-order chi connectivity index (χ1) is 7.54. The molecule has 0 fully saturated rings. The van der Waals surface area contributed by atoms with Crippen LogP contribution in [0.1, 0.15) is 23.7 Å². The van der Waals surface area contributed by atoms with E-state index in [9.17, 15) is 4.79 Å². The molecule has 0 aliphatic rings. The monoisotopic (exact) mass is 282 g/mol. The van der Waals surface area contributed by atoms with Crippen LogP contribution in [0.5, 0.6) is 0 Å². The van der Waals surface area contributed by atoms with Gasteiger partial charge in [-0.05, 0) is 31.5 Å². The molecule has 0 aliphatic carbocycles. The molecule has 1 rings (SSSR count). The van der Waals surface area contributed by atoms with Crippen LogP contribution >= 0.6 is 15.9 Å². The molecular weight excluding hydrogens is 268 g/mol. The van der Waals surface area contributed by atoms with Gasteiger partial charge in [-0.15, -0.1) is 6.58 Å². The van der Waals surface area contributed by atoms with E-state index in [1.807, 2.05) is 6.92 Å². The first-order valence-corrected chi connectivity index (χ1v) is 5.80. The molecule has 1 atom stereocenters. The average Bonchev–Trinajstić information content (AvgIpc) is 2.17. The zero-order chi connectivity index (χ0) is 12.1. The predicted molar refractivity (Wildman–Crippen MR) is 70.3 cm³/mol. The quantitative estimate of drug-likeness (QED) is 0.659. The zero-order valence-corrected chi connectivity index (χ0v) is 10.8. The molecule has 3 N–H and O–H groups in total. The number of nitrogens with two attached hydrogens (primary N) is 1. The van der Waals surface area contributed by atoms with Crippen molar-refractivity contribution in [3.8, 4) is 0 Å². The molecule has 0 aromatic heterocycles. The van der Waals surface area contributed by atoms with E-state index in [0.717, 1.165) is 10.9 Å². The van der Waals surface area contributed by atoms with Gasteiger partial charge in [-0.3, -0.25) is 4.79 Å². The molecule has 0 bridgehead atoms. The van der Waals surface area contributed by atoms with Crippen LogP contribution in [0.4, 0.5) is 5.69 Å². The van der Waals surface area contributed by atoms with Crippen molar-refractivity contribution in [2.75, 3.05) is 5.73 Å². The lowest BCUT2D eigenvalue weighted by atomic mass is 10.1. The highest BCUT2D eigenvalue weighted by molar-refractivity contribution is 9.10. The second kappa shape index (κ2) is 5.70. The first kappa shape index (κ1) is 12.8. The number of rotatable bonds is 4. The summed E-state index contributed by atoms with van der Waals surface area (Å²) in [5.41, 5.74) is 6.73. The van der Waals surface area contributed by atoms with Crippen LogP contribution in [0.2, 0.25) is 0 Å². The first-order valence-electron chi connectivity index (χ1n) is 5.01. The van der Waals surface area contributed by atoms with Gasteiger partial charge in [0.05, 0.1) is 5.56 Å². The molecule has 3 nitrogen and oxygen atoms in total. The molecule has 1 aromatic rings. The van der Waals surface area contributed by atoms with Crippen molar-refractivity contribution in [3.63, 3.8) is 0 Å². The van der Waals surface area contributed by atoms with E-state index >= 15 is 0 Å². The van der Waals surface area contributed by atoms with Gasteiger partial charge in [0.2, 0.25) is 0 Å². The van der Waals surface area contributed by atoms with Crippen LogP contribution in [0.3, 0.4) is 0 Å². The van der Waals surface area contributed by atoms with E-state index in [1.54, 1.807) is 24.3 Å². The van der Waals surface area contributed by atoms with Gasteiger partial charge in [-0.2, -0.15) is 0 Å². The normalized spacial score (nSPS) is 11.9. The van der Waals surface area contributed by atoms with Gasteiger partial charge in [0.15, 0.2) is 0 Å². The minimum Gasteiger partial charge on any atom is -0.398 e. The van der Waals surface area contributed by atoms with Gasteiger partial charge in [0.1, 0.15) is 0 Å². The van der Waals surface area contributed by atoms with E-state index in [2.05, 4.69) is 27.8 Å². The topological polar surface area (TPSA) is 55.1 Å². The fraction of sp³-hybridized carbons (Fsp3) is 0.250. The maximum Gasteiger partial charge on any atom is 0.253 e. The maximum atomic E-state index is 11.8. The van der Waals surface area contributed by atoms with Gasteiger partial charge >= 0.3 is 0 Å². The molecule has 1 aromatic carbocycles. The summed E-state index contributed by atoms with van der Waals surface area (Å²) < 4.78 is 0.862. The molecule has 0 saturated carbocycles. The molecule has 0 aliphatic heterocycles. The number of hydrogen-bond donors (Lipinski definition) is 2. The minimum atomic E-state index is -0.153. The van der Waals surface area contributed by atoms with E-state index in [-0.39, 0.29) is 11.9 Å². The second-order valence-corrected chi connectivity index (χ2v) is 4.55. The number of anilines is 1. The summed E-state index contributed by atoms with van der Waals surface area (Å²) in [6.45, 7) is 5.55. The molecule has 16 heavy (non-hydrogen) atoms. The van der Waals surface area contributed by atoms with E-state index in [4.69, 9.17) is 5.73 Å². The fourth-order valence-corrected chi connectivity index (χ4v) is 1.73. The minimum absolute atomic E-state index is 0.0630. The van der Waals surface area contributed by atoms with Crippen LogP contribution in [0.15, 0.2) is 35.3 Å². The summed E-state index contributed by atoms with van der Waals surface area (Å²) in [6, 6.07) is 5.28. The maximum absolute atomic E-state index is 11.8. The third-order valence-electron chi connectivity index (χ3n) is 2.16. The highest BCUT2D eigenvalue weighted by atomic mass is 79.9. The molecule has 1 amide bonds. The lowest BCUT2D eigenvalue weighted by molar-refractivity contribution is 0.0941. The number of amides is 1. The van der Waals surface area contributed by atoms with Crippen LogP contribution in [0, 0.1) is 0 Å². The highest BCUT2D eigenvalue weighted by Crippen LogP contribution is 2.18. The van der Waals surface area contributed by atoms with Gasteiger partial charge in [-0.25, -0.2) is 0 Å². The Balaban J connectivity index is 2.76. The molecule has 1 unspecified atom stereocenters. The lowest BCUT2D eigenvalue weighted by Gasteiger charge is -2.12. The Labute approximate surface area is 104 Å². The standard InChI is InChI=1S/C12H15BrN2O/c1-3-4-8(2)15-12(16)10-6-5-9(13)7-11(10)14/h3,5-8H,1,4,14H2,2H3,(H,15,16). The number of carbonyl (C=O) groups is 1. The second-order valence-electron chi connectivity index (χ2n) is 3.63. The smallest absolute Gasteiger partial charge is 0.253 e. The number of nitrogens with one attached hydrogen (secondary N) is 1. The third kappa shape index (κ3) is 3.38. The molecule has 0 radical (unpaired) electrons. The molecular formula is C12H15BrN2O. The molecule has 0 saturated heterocycles. The van der Waals surface area contributed by atoms with Crippen molar-refractivity contribution in [2.45, 2.75) is 19.4 Å². The van der Waals surface area contributed by atoms with Crippen LogP contribution < -0.4 is 11.1 Å². The summed E-state index contributed by atoms with van der Waals surface area (Å²) in [5.74, 6) is -0.153.